The van der Waals surface area contributed by atoms with Crippen molar-refractivity contribution in [3.8, 4) is 5.75 Å². The first-order valence-corrected chi connectivity index (χ1v) is 6.37. The molecule has 2 rings (SSSR count). The summed E-state index contributed by atoms with van der Waals surface area (Å²) in [5, 5.41) is 14.0. The minimum Gasteiger partial charge on any atom is -0.484 e. The molecule has 0 amide bonds. The van der Waals surface area contributed by atoms with Crippen LogP contribution in [0.3, 0.4) is 0 Å². The van der Waals surface area contributed by atoms with Gasteiger partial charge in [0.2, 0.25) is 0 Å². The number of nitrogens with zero attached hydrogens (tertiary/aromatic N) is 1. The summed E-state index contributed by atoms with van der Waals surface area (Å²) in [6.07, 6.45) is 2.03. The second-order valence-corrected chi connectivity index (χ2v) is 4.54. The van der Waals surface area contributed by atoms with Crippen molar-refractivity contribution in [3.63, 3.8) is 0 Å². The minimum absolute atomic E-state index is 0.00532. The highest BCUT2D eigenvalue weighted by Crippen LogP contribution is 2.28. The van der Waals surface area contributed by atoms with E-state index >= 15 is 0 Å². The molecule has 6 nitrogen and oxygen atoms in total. The molecule has 0 saturated carbocycles. The van der Waals surface area contributed by atoms with Gasteiger partial charge in [-0.3, -0.25) is 10.1 Å². The molecule has 1 fully saturated rings. The zero-order valence-electron chi connectivity index (χ0n) is 10.9. The first kappa shape index (κ1) is 13.8. The number of rotatable bonds is 6. The zero-order chi connectivity index (χ0) is 13.7. The van der Waals surface area contributed by atoms with Crippen molar-refractivity contribution < 1.29 is 14.4 Å². The molecule has 1 heterocycles. The Balaban J connectivity index is 2.07. The van der Waals surface area contributed by atoms with Crippen LogP contribution in [0.15, 0.2) is 18.2 Å². The Labute approximate surface area is 111 Å². The Bertz CT molecular complexity index is 444. The highest BCUT2D eigenvalue weighted by atomic mass is 16.6. The average Bonchev–Trinajstić information content (AvgIpc) is 2.90. The Kier molecular flexibility index (Phi) is 4.70. The molecular formula is C13H18N2O4. The van der Waals surface area contributed by atoms with Gasteiger partial charge >= 0.3 is 5.69 Å². The van der Waals surface area contributed by atoms with Gasteiger partial charge in [0, 0.05) is 19.2 Å². The number of ether oxygens (including phenoxy) is 2. The third kappa shape index (κ3) is 3.65. The van der Waals surface area contributed by atoms with E-state index in [1.165, 1.54) is 0 Å². The molecule has 19 heavy (non-hydrogen) atoms. The van der Waals surface area contributed by atoms with Crippen LogP contribution in [0.1, 0.15) is 18.4 Å². The predicted molar refractivity (Wildman–Crippen MR) is 70.3 cm³/mol. The smallest absolute Gasteiger partial charge is 0.311 e. The number of nitro benzene ring substituents is 1. The summed E-state index contributed by atoms with van der Waals surface area (Å²) in [6.45, 7) is 1.70. The number of nitro groups is 1. The van der Waals surface area contributed by atoms with Gasteiger partial charge < -0.3 is 14.8 Å². The van der Waals surface area contributed by atoms with Crippen molar-refractivity contribution in [2.75, 3.05) is 20.3 Å². The normalized spacial score (nSPS) is 18.5. The fourth-order valence-electron chi connectivity index (χ4n) is 2.10. The van der Waals surface area contributed by atoms with Crippen molar-refractivity contribution in [2.45, 2.75) is 25.5 Å². The summed E-state index contributed by atoms with van der Waals surface area (Å²) in [5.41, 5.74) is 0.865. The summed E-state index contributed by atoms with van der Waals surface area (Å²) < 4.78 is 11.0. The monoisotopic (exact) mass is 266 g/mol. The van der Waals surface area contributed by atoms with Gasteiger partial charge in [-0.05, 0) is 31.5 Å². The second-order valence-electron chi connectivity index (χ2n) is 4.54. The Morgan fingerprint density at radius 2 is 2.42 bits per heavy atom. The molecule has 1 aliphatic rings. The quantitative estimate of drug-likeness (QED) is 0.628. The number of hydrogen-bond donors (Lipinski definition) is 1. The van der Waals surface area contributed by atoms with E-state index < -0.39 is 4.92 Å². The van der Waals surface area contributed by atoms with Crippen molar-refractivity contribution in [1.29, 1.82) is 0 Å². The zero-order valence-corrected chi connectivity index (χ0v) is 10.9. The average molecular weight is 266 g/mol. The van der Waals surface area contributed by atoms with Crippen LogP contribution in [0.2, 0.25) is 0 Å². The molecule has 0 aliphatic carbocycles. The minimum atomic E-state index is -0.413. The molecule has 1 aromatic carbocycles. The summed E-state index contributed by atoms with van der Waals surface area (Å²) in [7, 11) is 1.80. The fourth-order valence-corrected chi connectivity index (χ4v) is 2.10. The molecule has 0 radical (unpaired) electrons. The van der Waals surface area contributed by atoms with Crippen LogP contribution in [0.5, 0.6) is 5.75 Å². The molecule has 1 unspecified atom stereocenters. The Morgan fingerprint density at radius 3 is 3.05 bits per heavy atom. The van der Waals surface area contributed by atoms with E-state index in [0.717, 1.165) is 25.0 Å². The van der Waals surface area contributed by atoms with E-state index in [1.807, 2.05) is 6.07 Å². The van der Waals surface area contributed by atoms with Crippen molar-refractivity contribution in [1.82, 2.24) is 5.32 Å². The van der Waals surface area contributed by atoms with Gasteiger partial charge in [-0.15, -0.1) is 0 Å². The van der Waals surface area contributed by atoms with Crippen LogP contribution in [0.25, 0.3) is 0 Å². The molecule has 1 saturated heterocycles. The molecule has 1 aromatic rings. The molecule has 1 aliphatic heterocycles. The van der Waals surface area contributed by atoms with Crippen LogP contribution in [0.4, 0.5) is 5.69 Å². The molecule has 104 valence electrons. The van der Waals surface area contributed by atoms with Gasteiger partial charge in [-0.2, -0.15) is 0 Å². The molecule has 0 spiro atoms. The number of benzene rings is 1. The van der Waals surface area contributed by atoms with E-state index in [2.05, 4.69) is 5.32 Å². The molecule has 1 atom stereocenters. The third-order valence-corrected chi connectivity index (χ3v) is 3.05. The van der Waals surface area contributed by atoms with E-state index in [-0.39, 0.29) is 11.8 Å². The molecule has 1 N–H and O–H groups in total. The van der Waals surface area contributed by atoms with Gasteiger partial charge in [0.15, 0.2) is 5.75 Å². The maximum absolute atomic E-state index is 11.0. The molecule has 0 bridgehead atoms. The van der Waals surface area contributed by atoms with Gasteiger partial charge in [0.25, 0.3) is 0 Å². The summed E-state index contributed by atoms with van der Waals surface area (Å²) >= 11 is 0. The molecule has 6 heteroatoms. The van der Waals surface area contributed by atoms with Gasteiger partial charge in [0.05, 0.1) is 11.0 Å². The lowest BCUT2D eigenvalue weighted by atomic mass is 10.2. The summed E-state index contributed by atoms with van der Waals surface area (Å²) in [6, 6.07) is 5.02. The predicted octanol–water partition coefficient (Wildman–Crippen LogP) is 1.87. The molecule has 0 aromatic heterocycles. The summed E-state index contributed by atoms with van der Waals surface area (Å²) in [5.74, 6) is 0.306. The SMILES string of the molecule is CNCc1ccc(OCC2CCCO2)c([N+](=O)[O-])c1. The van der Waals surface area contributed by atoms with E-state index in [1.54, 1.807) is 19.2 Å². The van der Waals surface area contributed by atoms with E-state index in [4.69, 9.17) is 9.47 Å². The van der Waals surface area contributed by atoms with Crippen molar-refractivity contribution in [3.05, 3.63) is 33.9 Å². The lowest BCUT2D eigenvalue weighted by Gasteiger charge is -2.12. The van der Waals surface area contributed by atoms with E-state index in [0.29, 0.717) is 18.9 Å². The lowest BCUT2D eigenvalue weighted by molar-refractivity contribution is -0.386. The second kappa shape index (κ2) is 6.49. The molecular weight excluding hydrogens is 248 g/mol. The first-order valence-electron chi connectivity index (χ1n) is 6.37. The lowest BCUT2D eigenvalue weighted by Crippen LogP contribution is -2.16. The largest absolute Gasteiger partial charge is 0.484 e. The van der Waals surface area contributed by atoms with Gasteiger partial charge in [0.1, 0.15) is 6.61 Å². The fraction of sp³-hybridized carbons (Fsp3) is 0.538. The standard InChI is InChI=1S/C13H18N2O4/c1-14-8-10-4-5-13(12(7-10)15(16)17)19-9-11-3-2-6-18-11/h4-5,7,11,14H,2-3,6,8-9H2,1H3. The number of nitrogens with one attached hydrogen (secondary N) is 1. The number of hydrogen-bond acceptors (Lipinski definition) is 5. The highest BCUT2D eigenvalue weighted by molar-refractivity contribution is 5.48. The van der Waals surface area contributed by atoms with Gasteiger partial charge in [-0.1, -0.05) is 6.07 Å². The first-order chi connectivity index (χ1) is 9.20. The van der Waals surface area contributed by atoms with Crippen LogP contribution < -0.4 is 10.1 Å². The Morgan fingerprint density at radius 1 is 1.58 bits per heavy atom. The topological polar surface area (TPSA) is 73.6 Å². The maximum atomic E-state index is 11.0. The maximum Gasteiger partial charge on any atom is 0.311 e. The van der Waals surface area contributed by atoms with Crippen LogP contribution in [-0.4, -0.2) is 31.3 Å². The summed E-state index contributed by atoms with van der Waals surface area (Å²) in [4.78, 5) is 10.6. The third-order valence-electron chi connectivity index (χ3n) is 3.05. The van der Waals surface area contributed by atoms with Crippen LogP contribution >= 0.6 is 0 Å². The van der Waals surface area contributed by atoms with E-state index in [9.17, 15) is 10.1 Å². The van der Waals surface area contributed by atoms with Gasteiger partial charge in [-0.25, -0.2) is 0 Å². The Hall–Kier alpha value is -1.66. The van der Waals surface area contributed by atoms with Crippen molar-refractivity contribution >= 4 is 5.69 Å². The van der Waals surface area contributed by atoms with Crippen molar-refractivity contribution in [2.24, 2.45) is 0 Å². The van der Waals surface area contributed by atoms with Crippen LogP contribution in [-0.2, 0) is 11.3 Å². The van der Waals surface area contributed by atoms with Crippen LogP contribution in [0, 0.1) is 10.1 Å². The highest BCUT2D eigenvalue weighted by Gasteiger charge is 2.20.